The van der Waals surface area contributed by atoms with Crippen molar-refractivity contribution in [3.05, 3.63) is 12.7 Å². The molecule has 0 fully saturated rings. The SMILES string of the molecule is C=CCNCCC(N)=O.NCCC(=O)O. The zero-order valence-corrected chi connectivity index (χ0v) is 8.74. The molecule has 88 valence electrons. The molecule has 0 aliphatic rings. The van der Waals surface area contributed by atoms with E-state index in [2.05, 4.69) is 11.9 Å². The lowest BCUT2D eigenvalue weighted by atomic mass is 10.4. The van der Waals surface area contributed by atoms with Crippen molar-refractivity contribution >= 4 is 11.9 Å². The summed E-state index contributed by atoms with van der Waals surface area (Å²) in [6.07, 6.45) is 2.20. The molecular formula is C9H19N3O3. The van der Waals surface area contributed by atoms with E-state index < -0.39 is 5.97 Å². The number of carbonyl (C=O) groups excluding carboxylic acids is 1. The van der Waals surface area contributed by atoms with Crippen LogP contribution in [0.4, 0.5) is 0 Å². The third kappa shape index (κ3) is 24.5. The fourth-order valence-corrected chi connectivity index (χ4v) is 0.539. The summed E-state index contributed by atoms with van der Waals surface area (Å²) < 4.78 is 0. The summed E-state index contributed by atoms with van der Waals surface area (Å²) >= 11 is 0. The number of rotatable bonds is 7. The minimum absolute atomic E-state index is 0.0694. The molecule has 0 aromatic heterocycles. The first kappa shape index (κ1) is 16.0. The van der Waals surface area contributed by atoms with Crippen molar-refractivity contribution in [2.75, 3.05) is 19.6 Å². The summed E-state index contributed by atoms with van der Waals surface area (Å²) in [6, 6.07) is 0. The highest BCUT2D eigenvalue weighted by Crippen LogP contribution is 1.71. The molecule has 6 N–H and O–H groups in total. The molecule has 15 heavy (non-hydrogen) atoms. The van der Waals surface area contributed by atoms with Crippen LogP contribution < -0.4 is 16.8 Å². The number of amides is 1. The highest BCUT2D eigenvalue weighted by molar-refractivity contribution is 5.73. The van der Waals surface area contributed by atoms with Gasteiger partial charge in [-0.15, -0.1) is 6.58 Å². The monoisotopic (exact) mass is 217 g/mol. The van der Waals surface area contributed by atoms with Gasteiger partial charge in [-0.05, 0) is 0 Å². The van der Waals surface area contributed by atoms with E-state index in [1.54, 1.807) is 6.08 Å². The predicted molar refractivity (Wildman–Crippen MR) is 58.2 cm³/mol. The number of carboxylic acids is 1. The van der Waals surface area contributed by atoms with Crippen LogP contribution in [0, 0.1) is 0 Å². The lowest BCUT2D eigenvalue weighted by Gasteiger charge is -1.95. The summed E-state index contributed by atoms with van der Waals surface area (Å²) in [7, 11) is 0. The lowest BCUT2D eigenvalue weighted by Crippen LogP contribution is -2.21. The maximum absolute atomic E-state index is 10.1. The minimum atomic E-state index is -0.836. The van der Waals surface area contributed by atoms with Crippen LogP contribution >= 0.6 is 0 Å². The van der Waals surface area contributed by atoms with Crippen LogP contribution in [0.3, 0.4) is 0 Å². The molecule has 0 saturated carbocycles. The normalized spacial score (nSPS) is 8.60. The Kier molecular flexibility index (Phi) is 13.5. The van der Waals surface area contributed by atoms with Crippen molar-refractivity contribution in [1.29, 1.82) is 0 Å². The molecule has 0 radical (unpaired) electrons. The second kappa shape index (κ2) is 12.6. The Bertz CT molecular complexity index is 195. The van der Waals surface area contributed by atoms with Crippen LogP contribution in [-0.4, -0.2) is 36.6 Å². The highest BCUT2D eigenvalue weighted by atomic mass is 16.4. The topological polar surface area (TPSA) is 118 Å². The van der Waals surface area contributed by atoms with Gasteiger partial charge in [0.1, 0.15) is 0 Å². The maximum Gasteiger partial charge on any atom is 0.304 e. The largest absolute Gasteiger partial charge is 0.481 e. The zero-order chi connectivity index (χ0) is 12.1. The Morgan fingerprint density at radius 1 is 1.40 bits per heavy atom. The molecule has 1 amide bonds. The van der Waals surface area contributed by atoms with Crippen molar-refractivity contribution in [3.8, 4) is 0 Å². The van der Waals surface area contributed by atoms with Gasteiger partial charge in [0.2, 0.25) is 5.91 Å². The van der Waals surface area contributed by atoms with Crippen molar-refractivity contribution < 1.29 is 14.7 Å². The van der Waals surface area contributed by atoms with Crippen LogP contribution in [0.25, 0.3) is 0 Å². The Balaban J connectivity index is 0. The highest BCUT2D eigenvalue weighted by Gasteiger charge is 1.89. The van der Waals surface area contributed by atoms with Crippen molar-refractivity contribution in [3.63, 3.8) is 0 Å². The summed E-state index contributed by atoms with van der Waals surface area (Å²) in [6.45, 7) is 5.10. The standard InChI is InChI=1S/C6H12N2O.C3H7NO2/c1-2-4-8-5-3-6(7)9;4-2-1-3(5)6/h2,8H,1,3-5H2,(H2,7,9);1-2,4H2,(H,5,6). The maximum atomic E-state index is 10.1. The van der Waals surface area contributed by atoms with E-state index in [4.69, 9.17) is 16.6 Å². The molecule has 0 aliphatic heterocycles. The second-order valence-corrected chi connectivity index (χ2v) is 2.64. The smallest absolute Gasteiger partial charge is 0.304 e. The van der Waals surface area contributed by atoms with Crippen LogP contribution in [0.1, 0.15) is 12.8 Å². The molecule has 0 aromatic carbocycles. The van der Waals surface area contributed by atoms with E-state index in [1.165, 1.54) is 0 Å². The fourth-order valence-electron chi connectivity index (χ4n) is 0.539. The van der Waals surface area contributed by atoms with E-state index in [9.17, 15) is 9.59 Å². The third-order valence-corrected chi connectivity index (χ3v) is 1.20. The molecule has 0 spiro atoms. The molecule has 0 heterocycles. The molecular weight excluding hydrogens is 198 g/mol. The van der Waals surface area contributed by atoms with Gasteiger partial charge in [-0.25, -0.2) is 0 Å². The van der Waals surface area contributed by atoms with E-state index in [-0.39, 0.29) is 18.9 Å². The van der Waals surface area contributed by atoms with Gasteiger partial charge in [0, 0.05) is 26.1 Å². The second-order valence-electron chi connectivity index (χ2n) is 2.64. The van der Waals surface area contributed by atoms with Gasteiger partial charge in [0.25, 0.3) is 0 Å². The minimum Gasteiger partial charge on any atom is -0.481 e. The van der Waals surface area contributed by atoms with Gasteiger partial charge in [-0.2, -0.15) is 0 Å². The molecule has 6 nitrogen and oxygen atoms in total. The van der Waals surface area contributed by atoms with E-state index in [0.29, 0.717) is 13.0 Å². The number of hydrogen-bond acceptors (Lipinski definition) is 4. The first-order chi connectivity index (χ1) is 7.04. The average Bonchev–Trinajstić information content (AvgIpc) is 2.13. The number of hydrogen-bond donors (Lipinski definition) is 4. The Hall–Kier alpha value is -1.40. The Morgan fingerprint density at radius 2 is 2.00 bits per heavy atom. The Morgan fingerprint density at radius 3 is 2.27 bits per heavy atom. The van der Waals surface area contributed by atoms with Gasteiger partial charge in [-0.3, -0.25) is 9.59 Å². The van der Waals surface area contributed by atoms with Gasteiger partial charge in [0.05, 0.1) is 6.42 Å². The number of primary amides is 1. The molecule has 0 saturated heterocycles. The van der Waals surface area contributed by atoms with Crippen LogP contribution in [0.15, 0.2) is 12.7 Å². The third-order valence-electron chi connectivity index (χ3n) is 1.20. The average molecular weight is 217 g/mol. The van der Waals surface area contributed by atoms with Gasteiger partial charge in [0.15, 0.2) is 0 Å². The van der Waals surface area contributed by atoms with Crippen molar-refractivity contribution in [1.82, 2.24) is 5.32 Å². The van der Waals surface area contributed by atoms with Crippen molar-refractivity contribution in [2.24, 2.45) is 11.5 Å². The zero-order valence-electron chi connectivity index (χ0n) is 8.74. The fraction of sp³-hybridized carbons (Fsp3) is 0.556. The lowest BCUT2D eigenvalue weighted by molar-refractivity contribution is -0.136. The summed E-state index contributed by atoms with van der Waals surface area (Å²) in [4.78, 5) is 19.6. The number of nitrogens with one attached hydrogen (secondary N) is 1. The molecule has 0 unspecified atom stereocenters. The molecule has 0 bridgehead atoms. The molecule has 0 aromatic rings. The molecule has 6 heteroatoms. The van der Waals surface area contributed by atoms with Gasteiger partial charge in [-0.1, -0.05) is 6.08 Å². The van der Waals surface area contributed by atoms with Crippen LogP contribution in [0.5, 0.6) is 0 Å². The number of aliphatic carboxylic acids is 1. The first-order valence-electron chi connectivity index (χ1n) is 4.56. The van der Waals surface area contributed by atoms with Crippen LogP contribution in [0.2, 0.25) is 0 Å². The van der Waals surface area contributed by atoms with E-state index in [0.717, 1.165) is 6.54 Å². The number of nitrogens with two attached hydrogens (primary N) is 2. The van der Waals surface area contributed by atoms with Crippen LogP contribution in [-0.2, 0) is 9.59 Å². The summed E-state index contributed by atoms with van der Waals surface area (Å²) in [5.41, 5.74) is 9.72. The molecule has 0 aliphatic carbocycles. The number of carbonyl (C=O) groups is 2. The van der Waals surface area contributed by atoms with Crippen molar-refractivity contribution in [2.45, 2.75) is 12.8 Å². The first-order valence-corrected chi connectivity index (χ1v) is 4.56. The predicted octanol–water partition coefficient (Wildman–Crippen LogP) is -0.943. The van der Waals surface area contributed by atoms with E-state index in [1.807, 2.05) is 0 Å². The summed E-state index contributed by atoms with van der Waals surface area (Å²) in [5.74, 6) is -1.11. The van der Waals surface area contributed by atoms with E-state index >= 15 is 0 Å². The quantitative estimate of drug-likeness (QED) is 0.324. The molecule has 0 rings (SSSR count). The van der Waals surface area contributed by atoms with Gasteiger partial charge < -0.3 is 21.9 Å². The summed E-state index contributed by atoms with van der Waals surface area (Å²) in [5, 5.41) is 10.8. The number of carboxylic acid groups (broad SMARTS) is 1. The van der Waals surface area contributed by atoms with Gasteiger partial charge >= 0.3 is 5.97 Å². The molecule has 0 atom stereocenters. The Labute approximate surface area is 89.3 Å².